The van der Waals surface area contributed by atoms with Crippen LogP contribution in [0, 0.1) is 5.82 Å². The fraction of sp³-hybridized carbons (Fsp3) is 0.300. The van der Waals surface area contributed by atoms with Crippen molar-refractivity contribution in [1.29, 1.82) is 0 Å². The molecule has 0 aromatic heterocycles. The van der Waals surface area contributed by atoms with Crippen LogP contribution < -0.4 is 11.1 Å². The Hall–Kier alpha value is -1.13. The van der Waals surface area contributed by atoms with E-state index in [4.69, 9.17) is 17.3 Å². The summed E-state index contributed by atoms with van der Waals surface area (Å²) >= 11 is 5.59. The molecule has 1 unspecified atom stereocenters. The number of rotatable bonds is 3. The van der Waals surface area contributed by atoms with E-state index < -0.39 is 11.9 Å². The van der Waals surface area contributed by atoms with E-state index in [0.29, 0.717) is 6.42 Å². The SMILES string of the molecule is CNC(=O)C(N)Cc1ccc(F)c(Cl)c1. The molecule has 1 aromatic carbocycles. The van der Waals surface area contributed by atoms with Gasteiger partial charge in [-0.15, -0.1) is 0 Å². The van der Waals surface area contributed by atoms with Gasteiger partial charge in [-0.3, -0.25) is 4.79 Å². The summed E-state index contributed by atoms with van der Waals surface area (Å²) in [5.74, 6) is -0.732. The van der Waals surface area contributed by atoms with Crippen LogP contribution in [-0.4, -0.2) is 19.0 Å². The number of carbonyl (C=O) groups excluding carboxylic acids is 1. The lowest BCUT2D eigenvalue weighted by atomic mass is 10.1. The first kappa shape index (κ1) is 11.9. The third kappa shape index (κ3) is 3.18. The largest absolute Gasteiger partial charge is 0.358 e. The van der Waals surface area contributed by atoms with Crippen molar-refractivity contribution < 1.29 is 9.18 Å². The molecule has 3 nitrogen and oxygen atoms in total. The average Bonchev–Trinajstić information content (AvgIpc) is 2.22. The fourth-order valence-electron chi connectivity index (χ4n) is 1.20. The van der Waals surface area contributed by atoms with Gasteiger partial charge in [0.1, 0.15) is 5.82 Å². The molecule has 0 heterocycles. The number of halogens is 2. The van der Waals surface area contributed by atoms with Crippen molar-refractivity contribution in [2.75, 3.05) is 7.05 Å². The Kier molecular flexibility index (Phi) is 4.05. The van der Waals surface area contributed by atoms with Crippen LogP contribution in [0.5, 0.6) is 0 Å². The molecule has 1 rings (SSSR count). The zero-order valence-electron chi connectivity index (χ0n) is 8.26. The minimum absolute atomic E-state index is 0.0385. The second-order valence-corrected chi connectivity index (χ2v) is 3.58. The molecule has 0 aliphatic rings. The minimum atomic E-state index is -0.642. The second kappa shape index (κ2) is 5.09. The molecule has 0 saturated heterocycles. The first-order chi connectivity index (χ1) is 7.04. The molecule has 0 bridgehead atoms. The summed E-state index contributed by atoms with van der Waals surface area (Å²) in [7, 11) is 1.51. The highest BCUT2D eigenvalue weighted by atomic mass is 35.5. The van der Waals surface area contributed by atoms with Crippen LogP contribution in [0.4, 0.5) is 4.39 Å². The number of benzene rings is 1. The summed E-state index contributed by atoms with van der Waals surface area (Å²) in [5.41, 5.74) is 6.33. The number of nitrogens with two attached hydrogens (primary N) is 1. The molecular formula is C10H12ClFN2O. The molecule has 0 aliphatic carbocycles. The second-order valence-electron chi connectivity index (χ2n) is 3.17. The van der Waals surface area contributed by atoms with Crippen LogP contribution in [0.1, 0.15) is 5.56 Å². The molecule has 0 spiro atoms. The Morgan fingerprint density at radius 1 is 1.67 bits per heavy atom. The Bertz CT molecular complexity index is 370. The van der Waals surface area contributed by atoms with Gasteiger partial charge in [0, 0.05) is 7.05 Å². The molecule has 0 aliphatic heterocycles. The number of hydrogen-bond acceptors (Lipinski definition) is 2. The van der Waals surface area contributed by atoms with E-state index >= 15 is 0 Å². The summed E-state index contributed by atoms with van der Waals surface area (Å²) < 4.78 is 12.8. The van der Waals surface area contributed by atoms with E-state index in [1.807, 2.05) is 0 Å². The summed E-state index contributed by atoms with van der Waals surface area (Å²) in [6, 6.07) is 3.65. The van der Waals surface area contributed by atoms with Gasteiger partial charge in [0.25, 0.3) is 0 Å². The molecule has 0 fully saturated rings. The van der Waals surface area contributed by atoms with Gasteiger partial charge >= 0.3 is 0 Å². The maximum Gasteiger partial charge on any atom is 0.237 e. The number of nitrogens with one attached hydrogen (secondary N) is 1. The van der Waals surface area contributed by atoms with Gasteiger partial charge in [-0.1, -0.05) is 17.7 Å². The third-order valence-corrected chi connectivity index (χ3v) is 2.31. The first-order valence-corrected chi connectivity index (χ1v) is 4.83. The van der Waals surface area contributed by atoms with E-state index in [1.54, 1.807) is 6.07 Å². The summed E-state index contributed by atoms with van der Waals surface area (Å²) in [6.45, 7) is 0. The predicted octanol–water partition coefficient (Wildman–Crippen LogP) is 1.09. The lowest BCUT2D eigenvalue weighted by Crippen LogP contribution is -2.40. The predicted molar refractivity (Wildman–Crippen MR) is 57.2 cm³/mol. The van der Waals surface area contributed by atoms with Crippen LogP contribution in [0.2, 0.25) is 5.02 Å². The van der Waals surface area contributed by atoms with E-state index in [0.717, 1.165) is 5.56 Å². The summed E-state index contributed by atoms with van der Waals surface area (Å²) in [4.78, 5) is 11.1. The number of hydrogen-bond donors (Lipinski definition) is 2. The lowest BCUT2D eigenvalue weighted by molar-refractivity contribution is -0.121. The summed E-state index contributed by atoms with van der Waals surface area (Å²) in [6.07, 6.45) is 0.333. The monoisotopic (exact) mass is 230 g/mol. The van der Waals surface area contributed by atoms with Crippen molar-refractivity contribution in [3.8, 4) is 0 Å². The maximum atomic E-state index is 12.8. The van der Waals surface area contributed by atoms with E-state index in [-0.39, 0.29) is 10.9 Å². The Morgan fingerprint density at radius 3 is 2.87 bits per heavy atom. The Morgan fingerprint density at radius 2 is 2.33 bits per heavy atom. The van der Waals surface area contributed by atoms with Crippen LogP contribution in [0.3, 0.4) is 0 Å². The van der Waals surface area contributed by atoms with Gasteiger partial charge in [0.15, 0.2) is 0 Å². The van der Waals surface area contributed by atoms with Crippen LogP contribution in [0.15, 0.2) is 18.2 Å². The average molecular weight is 231 g/mol. The Labute approximate surface area is 92.4 Å². The molecule has 3 N–H and O–H groups in total. The highest BCUT2D eigenvalue weighted by molar-refractivity contribution is 6.30. The fourth-order valence-corrected chi connectivity index (χ4v) is 1.40. The van der Waals surface area contributed by atoms with Crippen LogP contribution in [-0.2, 0) is 11.2 Å². The van der Waals surface area contributed by atoms with Gasteiger partial charge < -0.3 is 11.1 Å². The molecular weight excluding hydrogens is 219 g/mol. The maximum absolute atomic E-state index is 12.8. The zero-order chi connectivity index (χ0) is 11.4. The minimum Gasteiger partial charge on any atom is -0.358 e. The quantitative estimate of drug-likeness (QED) is 0.817. The van der Waals surface area contributed by atoms with Gasteiger partial charge in [-0.2, -0.15) is 0 Å². The van der Waals surface area contributed by atoms with Crippen molar-refractivity contribution in [2.24, 2.45) is 5.73 Å². The number of amides is 1. The summed E-state index contributed by atoms with van der Waals surface area (Å²) in [5, 5.41) is 2.48. The lowest BCUT2D eigenvalue weighted by Gasteiger charge is -2.10. The smallest absolute Gasteiger partial charge is 0.237 e. The molecule has 82 valence electrons. The molecule has 1 amide bonds. The number of carbonyl (C=O) groups is 1. The van der Waals surface area contributed by atoms with Crippen molar-refractivity contribution >= 4 is 17.5 Å². The van der Waals surface area contributed by atoms with Gasteiger partial charge in [-0.25, -0.2) is 4.39 Å². The zero-order valence-corrected chi connectivity index (χ0v) is 9.01. The van der Waals surface area contributed by atoms with Gasteiger partial charge in [-0.05, 0) is 24.1 Å². The number of likely N-dealkylation sites (N-methyl/N-ethyl adjacent to an activating group) is 1. The molecule has 0 radical (unpaired) electrons. The Balaban J connectivity index is 2.73. The van der Waals surface area contributed by atoms with Crippen molar-refractivity contribution in [3.63, 3.8) is 0 Å². The van der Waals surface area contributed by atoms with E-state index in [1.165, 1.54) is 19.2 Å². The van der Waals surface area contributed by atoms with Crippen molar-refractivity contribution in [2.45, 2.75) is 12.5 Å². The molecule has 0 saturated carbocycles. The van der Waals surface area contributed by atoms with E-state index in [9.17, 15) is 9.18 Å². The highest BCUT2D eigenvalue weighted by Crippen LogP contribution is 2.16. The first-order valence-electron chi connectivity index (χ1n) is 4.45. The molecule has 15 heavy (non-hydrogen) atoms. The van der Waals surface area contributed by atoms with Gasteiger partial charge in [0.2, 0.25) is 5.91 Å². The van der Waals surface area contributed by atoms with Crippen molar-refractivity contribution in [3.05, 3.63) is 34.6 Å². The van der Waals surface area contributed by atoms with Crippen LogP contribution in [0.25, 0.3) is 0 Å². The topological polar surface area (TPSA) is 55.1 Å². The standard InChI is InChI=1S/C10H12ClFN2O/c1-14-10(15)9(13)5-6-2-3-8(12)7(11)4-6/h2-4,9H,5,13H2,1H3,(H,14,15). The highest BCUT2D eigenvalue weighted by Gasteiger charge is 2.12. The molecule has 1 aromatic rings. The van der Waals surface area contributed by atoms with Crippen LogP contribution >= 0.6 is 11.6 Å². The molecule has 1 atom stereocenters. The normalized spacial score (nSPS) is 12.3. The van der Waals surface area contributed by atoms with Crippen molar-refractivity contribution in [1.82, 2.24) is 5.32 Å². The molecule has 5 heteroatoms. The van der Waals surface area contributed by atoms with E-state index in [2.05, 4.69) is 5.32 Å². The third-order valence-electron chi connectivity index (χ3n) is 2.02. The van der Waals surface area contributed by atoms with Gasteiger partial charge in [0.05, 0.1) is 11.1 Å².